The second-order valence-corrected chi connectivity index (χ2v) is 8.13. The first-order valence-electron chi connectivity index (χ1n) is 9.92. The summed E-state index contributed by atoms with van der Waals surface area (Å²) in [5.74, 6) is 1.69. The fraction of sp³-hybridized carbons (Fsp3) is 0.667. The van der Waals surface area contributed by atoms with Crippen LogP contribution in [0, 0.1) is 11.8 Å². The summed E-state index contributed by atoms with van der Waals surface area (Å²) in [6.45, 7) is 9.64. The van der Waals surface area contributed by atoms with Gasteiger partial charge in [0.2, 0.25) is 5.91 Å². The van der Waals surface area contributed by atoms with Gasteiger partial charge in [0.1, 0.15) is 0 Å². The Kier molecular flexibility index (Phi) is 6.49. The van der Waals surface area contributed by atoms with Gasteiger partial charge in [-0.15, -0.1) is 0 Å². The molecule has 2 aliphatic heterocycles. The fourth-order valence-electron chi connectivity index (χ4n) is 4.43. The predicted molar refractivity (Wildman–Crippen MR) is 102 cm³/mol. The SMILES string of the molecule is CC1CC(C)CN(Cc2ccccc2CNC(=O)[C@H]2CCCCN2)C1. The summed E-state index contributed by atoms with van der Waals surface area (Å²) in [7, 11) is 0. The molecule has 0 saturated carbocycles. The third-order valence-corrected chi connectivity index (χ3v) is 5.54. The molecule has 3 rings (SSSR count). The van der Waals surface area contributed by atoms with Crippen molar-refractivity contribution < 1.29 is 4.79 Å². The molecule has 2 saturated heterocycles. The Morgan fingerprint density at radius 3 is 2.56 bits per heavy atom. The molecule has 4 nitrogen and oxygen atoms in total. The van der Waals surface area contributed by atoms with Gasteiger partial charge >= 0.3 is 0 Å². The van der Waals surface area contributed by atoms with Crippen molar-refractivity contribution in [2.24, 2.45) is 11.8 Å². The average Bonchev–Trinajstić information content (AvgIpc) is 2.60. The average molecular weight is 344 g/mol. The molecule has 3 atom stereocenters. The monoisotopic (exact) mass is 343 g/mol. The van der Waals surface area contributed by atoms with Crippen molar-refractivity contribution in [2.75, 3.05) is 19.6 Å². The Hall–Kier alpha value is -1.39. The summed E-state index contributed by atoms with van der Waals surface area (Å²) >= 11 is 0. The van der Waals surface area contributed by atoms with E-state index in [0.717, 1.165) is 37.8 Å². The van der Waals surface area contributed by atoms with Crippen molar-refractivity contribution in [2.45, 2.75) is 58.7 Å². The van der Waals surface area contributed by atoms with Gasteiger partial charge < -0.3 is 10.6 Å². The number of benzene rings is 1. The van der Waals surface area contributed by atoms with Gasteiger partial charge in [0.25, 0.3) is 0 Å². The second kappa shape index (κ2) is 8.81. The molecule has 2 heterocycles. The van der Waals surface area contributed by atoms with Crippen LogP contribution in [0.4, 0.5) is 0 Å². The van der Waals surface area contributed by atoms with E-state index in [-0.39, 0.29) is 11.9 Å². The minimum Gasteiger partial charge on any atom is -0.351 e. The van der Waals surface area contributed by atoms with Crippen molar-refractivity contribution in [1.82, 2.24) is 15.5 Å². The topological polar surface area (TPSA) is 44.4 Å². The van der Waals surface area contributed by atoms with Crippen molar-refractivity contribution in [3.05, 3.63) is 35.4 Å². The maximum Gasteiger partial charge on any atom is 0.237 e. The Morgan fingerprint density at radius 1 is 1.16 bits per heavy atom. The molecule has 2 unspecified atom stereocenters. The third-order valence-electron chi connectivity index (χ3n) is 5.54. The molecule has 1 amide bonds. The highest BCUT2D eigenvalue weighted by Gasteiger charge is 2.23. The van der Waals surface area contributed by atoms with E-state index in [9.17, 15) is 4.79 Å². The van der Waals surface area contributed by atoms with Crippen LogP contribution in [0.3, 0.4) is 0 Å². The van der Waals surface area contributed by atoms with E-state index in [1.54, 1.807) is 0 Å². The highest BCUT2D eigenvalue weighted by atomic mass is 16.2. The number of amides is 1. The third kappa shape index (κ3) is 5.29. The van der Waals surface area contributed by atoms with Crippen LogP contribution in [0.15, 0.2) is 24.3 Å². The molecule has 0 bridgehead atoms. The quantitative estimate of drug-likeness (QED) is 0.864. The number of nitrogens with zero attached hydrogens (tertiary/aromatic N) is 1. The molecule has 1 aromatic carbocycles. The number of nitrogens with one attached hydrogen (secondary N) is 2. The normalized spacial score (nSPS) is 27.8. The summed E-state index contributed by atoms with van der Waals surface area (Å²) < 4.78 is 0. The Bertz CT molecular complexity index is 558. The number of likely N-dealkylation sites (tertiary alicyclic amines) is 1. The van der Waals surface area contributed by atoms with Crippen molar-refractivity contribution in [3.8, 4) is 0 Å². The number of hydrogen-bond acceptors (Lipinski definition) is 3. The Labute approximate surface area is 152 Å². The van der Waals surface area contributed by atoms with Gasteiger partial charge in [-0.1, -0.05) is 44.5 Å². The zero-order chi connectivity index (χ0) is 17.6. The molecular formula is C21H33N3O. The molecule has 2 N–H and O–H groups in total. The molecule has 25 heavy (non-hydrogen) atoms. The summed E-state index contributed by atoms with van der Waals surface area (Å²) in [6.07, 6.45) is 4.62. The first-order chi connectivity index (χ1) is 12.1. The fourth-order valence-corrected chi connectivity index (χ4v) is 4.43. The van der Waals surface area contributed by atoms with Gasteiger partial charge in [-0.25, -0.2) is 0 Å². The van der Waals surface area contributed by atoms with Gasteiger partial charge in [-0.2, -0.15) is 0 Å². The van der Waals surface area contributed by atoms with Crippen LogP contribution in [0.2, 0.25) is 0 Å². The standard InChI is InChI=1S/C21H33N3O/c1-16-11-17(2)14-24(13-16)15-19-8-4-3-7-18(19)12-23-21(25)20-9-5-6-10-22-20/h3-4,7-8,16-17,20,22H,5-6,9-15H2,1-2H3,(H,23,25)/t16?,17?,20-/m1/s1. The highest BCUT2D eigenvalue weighted by Crippen LogP contribution is 2.23. The van der Waals surface area contributed by atoms with Crippen LogP contribution >= 0.6 is 0 Å². The summed E-state index contributed by atoms with van der Waals surface area (Å²) in [4.78, 5) is 14.9. The van der Waals surface area contributed by atoms with Crippen LogP contribution < -0.4 is 10.6 Å². The lowest BCUT2D eigenvalue weighted by Crippen LogP contribution is -2.46. The number of hydrogen-bond donors (Lipinski definition) is 2. The number of carbonyl (C=O) groups excluding carboxylic acids is 1. The summed E-state index contributed by atoms with van der Waals surface area (Å²) in [6, 6.07) is 8.54. The minimum absolute atomic E-state index is 0.00953. The molecular weight excluding hydrogens is 310 g/mol. The lowest BCUT2D eigenvalue weighted by atomic mass is 9.91. The largest absolute Gasteiger partial charge is 0.351 e. The lowest BCUT2D eigenvalue weighted by molar-refractivity contribution is -0.123. The maximum atomic E-state index is 12.4. The number of piperidine rings is 2. The van der Waals surface area contributed by atoms with Crippen LogP contribution in [0.25, 0.3) is 0 Å². The summed E-state index contributed by atoms with van der Waals surface area (Å²) in [5, 5.41) is 6.47. The van der Waals surface area contributed by atoms with Gasteiger partial charge in [0, 0.05) is 26.2 Å². The number of carbonyl (C=O) groups is 1. The molecule has 0 aliphatic carbocycles. The van der Waals surface area contributed by atoms with Gasteiger partial charge in [-0.3, -0.25) is 9.69 Å². The van der Waals surface area contributed by atoms with Crippen molar-refractivity contribution >= 4 is 5.91 Å². The first-order valence-corrected chi connectivity index (χ1v) is 9.92. The Morgan fingerprint density at radius 2 is 1.88 bits per heavy atom. The van der Waals surface area contributed by atoms with Crippen LogP contribution in [0.1, 0.15) is 50.7 Å². The highest BCUT2D eigenvalue weighted by molar-refractivity contribution is 5.81. The van der Waals surface area contributed by atoms with E-state index in [1.165, 1.54) is 37.1 Å². The lowest BCUT2D eigenvalue weighted by Gasteiger charge is -2.35. The summed E-state index contributed by atoms with van der Waals surface area (Å²) in [5.41, 5.74) is 2.60. The molecule has 2 fully saturated rings. The molecule has 2 aliphatic rings. The predicted octanol–water partition coefficient (Wildman–Crippen LogP) is 2.92. The van der Waals surface area contributed by atoms with Crippen molar-refractivity contribution in [1.29, 1.82) is 0 Å². The zero-order valence-electron chi connectivity index (χ0n) is 15.8. The van der Waals surface area contributed by atoms with Crippen LogP contribution in [-0.2, 0) is 17.9 Å². The van der Waals surface area contributed by atoms with E-state index in [0.29, 0.717) is 6.54 Å². The molecule has 0 radical (unpaired) electrons. The maximum absolute atomic E-state index is 12.4. The van der Waals surface area contributed by atoms with E-state index in [2.05, 4.69) is 53.6 Å². The molecule has 4 heteroatoms. The van der Waals surface area contributed by atoms with Crippen LogP contribution in [-0.4, -0.2) is 36.5 Å². The Balaban J connectivity index is 1.57. The van der Waals surface area contributed by atoms with Gasteiger partial charge in [0.15, 0.2) is 0 Å². The minimum atomic E-state index is -0.00953. The van der Waals surface area contributed by atoms with Gasteiger partial charge in [0.05, 0.1) is 6.04 Å². The smallest absolute Gasteiger partial charge is 0.237 e. The molecule has 1 aromatic rings. The van der Waals surface area contributed by atoms with Gasteiger partial charge in [-0.05, 0) is 48.8 Å². The van der Waals surface area contributed by atoms with E-state index >= 15 is 0 Å². The van der Waals surface area contributed by atoms with Crippen molar-refractivity contribution in [3.63, 3.8) is 0 Å². The first kappa shape index (κ1) is 18.4. The van der Waals surface area contributed by atoms with E-state index in [1.807, 2.05) is 0 Å². The van der Waals surface area contributed by atoms with Crippen LogP contribution in [0.5, 0.6) is 0 Å². The molecule has 0 aromatic heterocycles. The number of rotatable bonds is 5. The zero-order valence-corrected chi connectivity index (χ0v) is 15.8. The van der Waals surface area contributed by atoms with E-state index < -0.39 is 0 Å². The molecule has 0 spiro atoms. The second-order valence-electron chi connectivity index (χ2n) is 8.13. The molecule has 138 valence electrons. The van der Waals surface area contributed by atoms with E-state index in [4.69, 9.17) is 0 Å².